The van der Waals surface area contributed by atoms with Crippen LogP contribution in [0.25, 0.3) is 89.7 Å². The average molecular weight is 1150 g/mol. The van der Waals surface area contributed by atoms with Crippen molar-refractivity contribution in [3.05, 3.63) is 91.0 Å². The number of esters is 2. The first-order valence-corrected chi connectivity index (χ1v) is 20.6. The van der Waals surface area contributed by atoms with Gasteiger partial charge < -0.3 is 96.0 Å². The van der Waals surface area contributed by atoms with Gasteiger partial charge in [-0.05, 0) is 53.6 Å². The first-order chi connectivity index (χ1) is 29.9. The Kier molecular flexibility index (Phi) is 15.4. The number of quaternary nitrogens is 2. The fourth-order valence-corrected chi connectivity index (χ4v) is 8.23. The Labute approximate surface area is 422 Å². The molecule has 2 aliphatic rings. The Morgan fingerprint density at radius 2 is 0.892 bits per heavy atom. The van der Waals surface area contributed by atoms with Crippen molar-refractivity contribution in [1.82, 2.24) is 39.9 Å². The molecule has 15 nitrogen and oxygen atoms in total. The Morgan fingerprint density at radius 3 is 1.32 bits per heavy atom. The molecule has 7 aromatic rings. The molecule has 18 heteroatoms. The Balaban J connectivity index is 0.00000233. The van der Waals surface area contributed by atoms with E-state index in [1.165, 1.54) is 0 Å². The zero-order valence-corrected chi connectivity index (χ0v) is 44.2. The van der Waals surface area contributed by atoms with Crippen molar-refractivity contribution in [1.29, 1.82) is 0 Å². The number of nitrogens with zero attached hydrogens (tertiary/aromatic N) is 10. The van der Waals surface area contributed by atoms with Crippen LogP contribution < -0.4 is 62.7 Å². The molecule has 5 heterocycles. The van der Waals surface area contributed by atoms with Gasteiger partial charge in [-0.15, -0.1) is 0 Å². The molecular weight excluding hydrogens is 1100 g/mol. The van der Waals surface area contributed by atoms with E-state index in [-0.39, 0.29) is 92.5 Å². The van der Waals surface area contributed by atoms with E-state index in [0.29, 0.717) is 92.3 Å². The van der Waals surface area contributed by atoms with Gasteiger partial charge in [-0.2, -0.15) is 0 Å². The van der Waals surface area contributed by atoms with Gasteiger partial charge >= 0.3 is 31.4 Å². The topological polar surface area (TPSA) is 167 Å². The van der Waals surface area contributed by atoms with Crippen molar-refractivity contribution in [2.45, 2.75) is 20.0 Å². The van der Waals surface area contributed by atoms with E-state index >= 15 is 0 Å². The predicted molar refractivity (Wildman–Crippen MR) is 235 cm³/mol. The molecule has 0 fully saturated rings. The summed E-state index contributed by atoms with van der Waals surface area (Å²) in [5, 5.41) is 3.03. The molecule has 330 valence electrons. The minimum Gasteiger partial charge on any atom is -1.00 e. The van der Waals surface area contributed by atoms with E-state index in [1.54, 1.807) is 13.8 Å². The molecule has 0 spiro atoms. The largest absolute Gasteiger partial charge is 2.00 e. The predicted octanol–water partition coefficient (Wildman–Crippen LogP) is 0.159. The second-order valence-electron chi connectivity index (χ2n) is 16.7. The number of carbonyl (C=O) groups is 2. The number of fused-ring (bicyclic) bond motifs is 20. The first kappa shape index (κ1) is 49.4. The van der Waals surface area contributed by atoms with E-state index in [2.05, 4.69) is 0 Å². The molecule has 2 aliphatic heterocycles. The summed E-state index contributed by atoms with van der Waals surface area (Å²) >= 11 is 0. The van der Waals surface area contributed by atoms with Crippen LogP contribution in [0, 0.1) is 0 Å². The monoisotopic (exact) mass is 1150 g/mol. The van der Waals surface area contributed by atoms with Gasteiger partial charge in [0, 0.05) is 44.8 Å². The SMILES string of the molecule is CCOC(=O)C[N+](C)(C)CC(C[N+](C)(C)CC(=O)OCC)Oc1ccc2c3nc4nc(nc5nc(nc6[n-]c(nc([n-]3)c2c1)c1ccccc61)-c1ccccc1-5)-c1ccccc1-4.[I-].[I-].[Zn+2]. The van der Waals surface area contributed by atoms with E-state index in [1.807, 2.05) is 119 Å². The number of halogens is 2. The van der Waals surface area contributed by atoms with E-state index in [9.17, 15) is 9.59 Å². The third kappa shape index (κ3) is 10.5. The summed E-state index contributed by atoms with van der Waals surface area (Å²) in [5.41, 5.74) is 5.05. The molecule has 0 saturated heterocycles. The van der Waals surface area contributed by atoms with Gasteiger partial charge in [0.05, 0.1) is 53.1 Å². The molecular formula is C47H46I2N10O5Zn. The number of benzene rings is 4. The van der Waals surface area contributed by atoms with Crippen LogP contribution in [0.3, 0.4) is 0 Å². The van der Waals surface area contributed by atoms with Gasteiger partial charge in [-0.1, -0.05) is 72.8 Å². The van der Waals surface area contributed by atoms with Crippen molar-refractivity contribution in [2.75, 3.05) is 67.6 Å². The van der Waals surface area contributed by atoms with Gasteiger partial charge in [0.2, 0.25) is 0 Å². The number of aromatic nitrogens is 8. The van der Waals surface area contributed by atoms with Gasteiger partial charge in [0.15, 0.2) is 30.8 Å². The number of hydrogen-bond donors (Lipinski definition) is 0. The maximum atomic E-state index is 12.7. The number of carbonyl (C=O) groups excluding carboxylic acids is 2. The Hall–Kier alpha value is -5.02. The van der Waals surface area contributed by atoms with Gasteiger partial charge in [-0.3, -0.25) is 0 Å². The summed E-state index contributed by atoms with van der Waals surface area (Å²) in [5.74, 6) is 1.88. The van der Waals surface area contributed by atoms with E-state index < -0.39 is 6.10 Å². The Bertz CT molecular complexity index is 3050. The fraction of sp³-hybridized carbons (Fsp3) is 0.277. The first-order valence-electron chi connectivity index (χ1n) is 20.6. The Morgan fingerprint density at radius 1 is 0.523 bits per heavy atom. The van der Waals surface area contributed by atoms with Crippen LogP contribution in [0.4, 0.5) is 0 Å². The molecule has 0 unspecified atom stereocenters. The molecule has 0 amide bonds. The molecule has 0 aliphatic carbocycles. The smallest absolute Gasteiger partial charge is 1.00 e. The minimum atomic E-state index is -0.448. The molecule has 0 radical (unpaired) electrons. The molecule has 8 bridgehead atoms. The van der Waals surface area contributed by atoms with Gasteiger partial charge in [-0.25, -0.2) is 24.5 Å². The molecule has 0 atom stereocenters. The van der Waals surface area contributed by atoms with Crippen LogP contribution in [-0.2, 0) is 38.5 Å². The summed E-state index contributed by atoms with van der Waals surface area (Å²) in [4.78, 5) is 65.5. The molecule has 0 N–H and O–H groups in total. The third-order valence-electron chi connectivity index (χ3n) is 10.8. The van der Waals surface area contributed by atoms with Gasteiger partial charge in [0.25, 0.3) is 0 Å². The number of ether oxygens (including phenoxy) is 3. The number of rotatable bonds is 12. The second-order valence-corrected chi connectivity index (χ2v) is 16.7. The minimum absolute atomic E-state index is 0. The third-order valence-corrected chi connectivity index (χ3v) is 10.8. The standard InChI is InChI=1S/C47H46N10O5.2HI.Zn/c1-7-60-38(58)26-56(3,4)24-29(25-57(5,6)27-39(59)61-8-2)62-28-21-22-36-37(23-28)47-54-45-35-20-14-13-19-34(35)43(52-45)50-41-31-16-10-9-15-30(31)40(48-41)49-42-32-17-11-12-18-33(32)44(51-42)53-46(36)55-47;;;/h9-23,29H,7-8,24-27H2,1-6H3;2*1H;/q;;;+2/p-2. The maximum Gasteiger partial charge on any atom is 2.00 e. The zero-order valence-electron chi connectivity index (χ0n) is 37.0. The van der Waals surface area contributed by atoms with Crippen LogP contribution >= 0.6 is 0 Å². The van der Waals surface area contributed by atoms with Crippen LogP contribution in [0.15, 0.2) is 91.0 Å². The van der Waals surface area contributed by atoms with Crippen molar-refractivity contribution >= 4 is 56.1 Å². The van der Waals surface area contributed by atoms with E-state index in [4.69, 9.17) is 54.1 Å². The summed E-state index contributed by atoms with van der Waals surface area (Å²) in [6.45, 7) is 5.33. The van der Waals surface area contributed by atoms with Crippen LogP contribution in [0.5, 0.6) is 5.75 Å². The maximum absolute atomic E-state index is 12.7. The number of likely N-dealkylation sites (N-methyl/N-ethyl adjacent to an activating group) is 2. The van der Waals surface area contributed by atoms with E-state index in [0.717, 1.165) is 38.4 Å². The fourth-order valence-electron chi connectivity index (χ4n) is 8.23. The number of hydrogen-bond acceptors (Lipinski definition) is 11. The van der Waals surface area contributed by atoms with Crippen molar-refractivity contribution in [2.24, 2.45) is 0 Å². The summed E-state index contributed by atoms with van der Waals surface area (Å²) < 4.78 is 18.0. The molecule has 0 saturated carbocycles. The molecule has 9 rings (SSSR count). The quantitative estimate of drug-likeness (QED) is 0.0704. The average Bonchev–Trinajstić information content (AvgIpc) is 3.96. The van der Waals surface area contributed by atoms with Crippen molar-refractivity contribution in [3.8, 4) is 51.3 Å². The molecule has 65 heavy (non-hydrogen) atoms. The summed E-state index contributed by atoms with van der Waals surface area (Å²) in [7, 11) is 7.84. The normalized spacial score (nSPS) is 11.8. The second kappa shape index (κ2) is 20.2. The summed E-state index contributed by atoms with van der Waals surface area (Å²) in [6, 6.07) is 29.3. The van der Waals surface area contributed by atoms with Crippen molar-refractivity contribution < 1.29 is 100 Å². The molecule has 3 aromatic heterocycles. The molecule has 4 aromatic carbocycles. The van der Waals surface area contributed by atoms with Crippen molar-refractivity contribution in [3.63, 3.8) is 0 Å². The zero-order chi connectivity index (χ0) is 43.2. The van der Waals surface area contributed by atoms with Crippen LogP contribution in [0.2, 0.25) is 0 Å². The van der Waals surface area contributed by atoms with Gasteiger partial charge in [0.1, 0.15) is 18.8 Å². The van der Waals surface area contributed by atoms with Crippen LogP contribution in [-0.4, -0.2) is 124 Å². The summed E-state index contributed by atoms with van der Waals surface area (Å²) in [6.07, 6.45) is -0.448. The van der Waals surface area contributed by atoms with Crippen LogP contribution in [0.1, 0.15) is 13.8 Å².